The largest absolute Gasteiger partial charge is 0.317 e. The monoisotopic (exact) mass is 477 g/mol. The second-order valence-electron chi connectivity index (χ2n) is 11.4. The Balaban J connectivity index is 1.84. The molecule has 0 radical (unpaired) electrons. The van der Waals surface area contributed by atoms with Gasteiger partial charge >= 0.3 is 0 Å². The third-order valence-electron chi connectivity index (χ3n) is 7.16. The summed E-state index contributed by atoms with van der Waals surface area (Å²) in [5.74, 6) is -0.717. The fraction of sp³-hybridized carbons (Fsp3) is 0.379. The van der Waals surface area contributed by atoms with Gasteiger partial charge in [0.2, 0.25) is 0 Å². The predicted molar refractivity (Wildman–Crippen MR) is 133 cm³/mol. The van der Waals surface area contributed by atoms with Crippen molar-refractivity contribution in [1.82, 2.24) is 0 Å². The van der Waals surface area contributed by atoms with Crippen molar-refractivity contribution in [3.63, 3.8) is 0 Å². The highest BCUT2D eigenvalue weighted by atomic mass is 35.5. The van der Waals surface area contributed by atoms with Gasteiger partial charge < -0.3 is 4.90 Å². The van der Waals surface area contributed by atoms with Gasteiger partial charge in [-0.15, -0.1) is 0 Å². The van der Waals surface area contributed by atoms with Crippen LogP contribution >= 0.6 is 11.6 Å². The molecule has 0 spiro atoms. The number of halogens is 2. The summed E-state index contributed by atoms with van der Waals surface area (Å²) in [6.07, 6.45) is 2.13. The Labute approximate surface area is 205 Å². The molecule has 0 saturated heterocycles. The van der Waals surface area contributed by atoms with Gasteiger partial charge in [0.05, 0.1) is 0 Å². The Morgan fingerprint density at radius 1 is 0.824 bits per heavy atom. The molecule has 2 aliphatic carbocycles. The van der Waals surface area contributed by atoms with Crippen molar-refractivity contribution < 1.29 is 14.0 Å². The maximum absolute atomic E-state index is 14.4. The number of hydrogen-bond acceptors (Lipinski definition) is 3. The van der Waals surface area contributed by atoms with Crippen molar-refractivity contribution in [3.05, 3.63) is 87.5 Å². The molecule has 2 aromatic rings. The van der Waals surface area contributed by atoms with Crippen LogP contribution in [-0.2, 0) is 9.59 Å². The first-order valence-electron chi connectivity index (χ1n) is 11.8. The number of anilines is 1. The average Bonchev–Trinajstić information content (AvgIpc) is 2.70. The molecule has 0 amide bonds. The highest BCUT2D eigenvalue weighted by Crippen LogP contribution is 2.55. The van der Waals surface area contributed by atoms with Crippen LogP contribution in [0.1, 0.15) is 64.9 Å². The third-order valence-corrected chi connectivity index (χ3v) is 7.39. The Hall–Kier alpha value is -2.72. The molecule has 3 aliphatic rings. The minimum absolute atomic E-state index is 0.0433. The molecule has 0 unspecified atom stereocenters. The molecule has 0 N–H and O–H groups in total. The lowest BCUT2D eigenvalue weighted by Crippen LogP contribution is -2.44. The Kier molecular flexibility index (Phi) is 5.36. The van der Waals surface area contributed by atoms with Gasteiger partial charge in [-0.3, -0.25) is 9.59 Å². The van der Waals surface area contributed by atoms with Crippen molar-refractivity contribution in [2.75, 3.05) is 4.90 Å². The number of hydrogen-bond donors (Lipinski definition) is 0. The second kappa shape index (κ2) is 7.91. The minimum atomic E-state index is -0.458. The second-order valence-corrected chi connectivity index (χ2v) is 11.8. The lowest BCUT2D eigenvalue weighted by atomic mass is 9.63. The van der Waals surface area contributed by atoms with E-state index >= 15 is 0 Å². The van der Waals surface area contributed by atoms with Crippen LogP contribution in [0.3, 0.4) is 0 Å². The van der Waals surface area contributed by atoms with Gasteiger partial charge in [0.15, 0.2) is 11.6 Å². The summed E-state index contributed by atoms with van der Waals surface area (Å²) in [5.41, 5.74) is 4.07. The molecule has 3 nitrogen and oxygen atoms in total. The molecule has 0 bridgehead atoms. The van der Waals surface area contributed by atoms with Crippen LogP contribution in [0, 0.1) is 16.6 Å². The van der Waals surface area contributed by atoms with Crippen molar-refractivity contribution in [3.8, 4) is 0 Å². The van der Waals surface area contributed by atoms with E-state index in [1.165, 1.54) is 12.1 Å². The molecular weight excluding hydrogens is 449 g/mol. The van der Waals surface area contributed by atoms with Gasteiger partial charge in [0.1, 0.15) is 5.82 Å². The van der Waals surface area contributed by atoms with E-state index in [0.717, 1.165) is 17.0 Å². The number of benzene rings is 2. The minimum Gasteiger partial charge on any atom is -0.317 e. The molecule has 0 atom stereocenters. The zero-order valence-corrected chi connectivity index (χ0v) is 20.8. The van der Waals surface area contributed by atoms with Crippen LogP contribution < -0.4 is 4.90 Å². The molecule has 0 aromatic heterocycles. The Morgan fingerprint density at radius 2 is 1.38 bits per heavy atom. The standard InChI is InChI=1S/C29H29ClFNO2/c1-28(2)13-21-26(23(33)15-28)25(17-7-5-8-18(30)11-17)27-22(14-29(3,4)16-24(27)34)32(21)20-10-6-9-19(31)12-20/h5-12,25H,13-16H2,1-4H3. The van der Waals surface area contributed by atoms with E-state index in [0.29, 0.717) is 47.5 Å². The number of carbonyl (C=O) groups excluding carboxylic acids is 2. The molecule has 176 valence electrons. The quantitative estimate of drug-likeness (QED) is 0.453. The predicted octanol–water partition coefficient (Wildman–Crippen LogP) is 7.37. The van der Waals surface area contributed by atoms with Crippen molar-refractivity contribution in [2.45, 2.75) is 59.3 Å². The third kappa shape index (κ3) is 3.92. The normalized spacial score (nSPS) is 22.1. The number of nitrogens with zero attached hydrogens (tertiary/aromatic N) is 1. The van der Waals surface area contributed by atoms with Crippen LogP contribution in [0.25, 0.3) is 0 Å². The summed E-state index contributed by atoms with van der Waals surface area (Å²) in [6, 6.07) is 13.9. The Bertz CT molecular complexity index is 1230. The van der Waals surface area contributed by atoms with E-state index in [1.807, 2.05) is 29.2 Å². The maximum Gasteiger partial charge on any atom is 0.162 e. The van der Waals surface area contributed by atoms with E-state index < -0.39 is 5.92 Å². The summed E-state index contributed by atoms with van der Waals surface area (Å²) >= 11 is 6.37. The molecule has 34 heavy (non-hydrogen) atoms. The lowest BCUT2D eigenvalue weighted by Gasteiger charge is -2.49. The van der Waals surface area contributed by atoms with Crippen molar-refractivity contribution >= 4 is 28.9 Å². The maximum atomic E-state index is 14.4. The van der Waals surface area contributed by atoms with E-state index in [2.05, 4.69) is 27.7 Å². The first-order valence-corrected chi connectivity index (χ1v) is 12.2. The molecule has 1 aliphatic heterocycles. The van der Waals surface area contributed by atoms with Gasteiger partial charge in [-0.1, -0.05) is 57.5 Å². The van der Waals surface area contributed by atoms with Crippen molar-refractivity contribution in [1.29, 1.82) is 0 Å². The molecule has 2 aromatic carbocycles. The summed E-state index contributed by atoms with van der Waals surface area (Å²) in [5, 5.41) is 0.571. The molecule has 5 heteroatoms. The highest BCUT2D eigenvalue weighted by molar-refractivity contribution is 6.30. The first kappa shape index (κ1) is 23.0. The molecule has 5 rings (SSSR count). The SMILES string of the molecule is CC1(C)CC(=O)C2=C(C1)N(c1cccc(F)c1)C1=C(C(=O)CC(C)(C)C1)C2c1cccc(Cl)c1. The molecule has 0 fully saturated rings. The fourth-order valence-electron chi connectivity index (χ4n) is 5.91. The number of carbonyl (C=O) groups is 2. The van der Waals surface area contributed by atoms with Gasteiger partial charge in [-0.05, 0) is 59.6 Å². The summed E-state index contributed by atoms with van der Waals surface area (Å²) in [7, 11) is 0. The number of Topliss-reactive ketones (excluding diaryl/α,β-unsaturated/α-hetero) is 2. The van der Waals surface area contributed by atoms with Crippen LogP contribution in [0.4, 0.5) is 10.1 Å². The van der Waals surface area contributed by atoms with Gasteiger partial charge in [0, 0.05) is 52.0 Å². The van der Waals surface area contributed by atoms with Crippen LogP contribution in [0.15, 0.2) is 71.1 Å². The molecule has 0 saturated carbocycles. The zero-order valence-electron chi connectivity index (χ0n) is 20.0. The number of rotatable bonds is 2. The van der Waals surface area contributed by atoms with E-state index in [9.17, 15) is 14.0 Å². The number of ketones is 2. The van der Waals surface area contributed by atoms with Crippen LogP contribution in [-0.4, -0.2) is 11.6 Å². The molecular formula is C29H29ClFNO2. The van der Waals surface area contributed by atoms with Crippen LogP contribution in [0.2, 0.25) is 5.02 Å². The van der Waals surface area contributed by atoms with Crippen LogP contribution in [0.5, 0.6) is 0 Å². The summed E-state index contributed by atoms with van der Waals surface area (Å²) in [4.78, 5) is 29.5. The smallest absolute Gasteiger partial charge is 0.162 e. The van der Waals surface area contributed by atoms with Gasteiger partial charge in [-0.25, -0.2) is 4.39 Å². The van der Waals surface area contributed by atoms with Crippen molar-refractivity contribution in [2.24, 2.45) is 10.8 Å². The fourth-order valence-corrected chi connectivity index (χ4v) is 6.11. The highest BCUT2D eigenvalue weighted by Gasteiger charge is 2.49. The molecule has 1 heterocycles. The lowest BCUT2D eigenvalue weighted by molar-refractivity contribution is -0.119. The summed E-state index contributed by atoms with van der Waals surface area (Å²) in [6.45, 7) is 8.36. The summed E-state index contributed by atoms with van der Waals surface area (Å²) < 4.78 is 14.4. The van der Waals surface area contributed by atoms with E-state index in [1.54, 1.807) is 12.1 Å². The first-order chi connectivity index (χ1) is 16.0. The topological polar surface area (TPSA) is 37.4 Å². The van der Waals surface area contributed by atoms with Gasteiger partial charge in [-0.2, -0.15) is 0 Å². The zero-order chi connectivity index (χ0) is 24.4. The average molecular weight is 478 g/mol. The van der Waals surface area contributed by atoms with Gasteiger partial charge in [0.25, 0.3) is 0 Å². The Morgan fingerprint density at radius 3 is 1.91 bits per heavy atom. The van der Waals surface area contributed by atoms with E-state index in [-0.39, 0.29) is 28.2 Å². The van der Waals surface area contributed by atoms with E-state index in [4.69, 9.17) is 11.6 Å². The number of allylic oxidation sites excluding steroid dienone is 4.